The summed E-state index contributed by atoms with van der Waals surface area (Å²) in [4.78, 5) is 4.47. The Balaban J connectivity index is 1.94. The van der Waals surface area contributed by atoms with Crippen LogP contribution in [0.4, 0.5) is 5.69 Å². The van der Waals surface area contributed by atoms with Crippen LogP contribution in [0.3, 0.4) is 0 Å². The minimum absolute atomic E-state index is 0.201. The lowest BCUT2D eigenvalue weighted by atomic mass is 10.2. The molecule has 0 atom stereocenters. The average Bonchev–Trinajstić information content (AvgIpc) is 2.62. The maximum absolute atomic E-state index is 12.1. The first-order chi connectivity index (χ1) is 12.4. The molecule has 140 valence electrons. The van der Waals surface area contributed by atoms with Gasteiger partial charge in [0.2, 0.25) is 10.0 Å². The molecule has 4 N–H and O–H groups in total. The zero-order chi connectivity index (χ0) is 19.0. The van der Waals surface area contributed by atoms with Gasteiger partial charge in [-0.1, -0.05) is 29.8 Å². The standard InChI is InChI=1S/C18H24N4O3S/c1-14-3-7-16(8-4-14)22-18(19)20-13-15-5-9-17(10-6-15)26(23,24)21-11-12-25-2/h3-10,21H,11-13H2,1-2H3,(H3,19,20,22). The third kappa shape index (κ3) is 6.14. The summed E-state index contributed by atoms with van der Waals surface area (Å²) in [5, 5.41) is 3.01. The summed E-state index contributed by atoms with van der Waals surface area (Å²) in [7, 11) is -2.01. The quantitative estimate of drug-likeness (QED) is 0.370. The van der Waals surface area contributed by atoms with Gasteiger partial charge in [-0.3, -0.25) is 0 Å². The summed E-state index contributed by atoms with van der Waals surface area (Å²) in [6.07, 6.45) is 0. The molecule has 0 aliphatic rings. The zero-order valence-electron chi connectivity index (χ0n) is 14.9. The van der Waals surface area contributed by atoms with Gasteiger partial charge in [-0.25, -0.2) is 18.1 Å². The van der Waals surface area contributed by atoms with E-state index in [1.807, 2.05) is 31.2 Å². The van der Waals surface area contributed by atoms with Gasteiger partial charge in [0.15, 0.2) is 5.96 Å². The number of benzene rings is 2. The zero-order valence-corrected chi connectivity index (χ0v) is 15.7. The van der Waals surface area contributed by atoms with Gasteiger partial charge in [-0.15, -0.1) is 0 Å². The number of ether oxygens (including phenoxy) is 1. The van der Waals surface area contributed by atoms with Crippen molar-refractivity contribution >= 4 is 21.7 Å². The van der Waals surface area contributed by atoms with E-state index in [0.717, 1.165) is 16.8 Å². The van der Waals surface area contributed by atoms with E-state index in [2.05, 4.69) is 15.0 Å². The van der Waals surface area contributed by atoms with Crippen LogP contribution in [0.5, 0.6) is 0 Å². The molecule has 0 saturated carbocycles. The number of nitrogens with zero attached hydrogens (tertiary/aromatic N) is 1. The summed E-state index contributed by atoms with van der Waals surface area (Å²) < 4.78 is 31.5. The minimum atomic E-state index is -3.53. The summed E-state index contributed by atoms with van der Waals surface area (Å²) >= 11 is 0. The van der Waals surface area contributed by atoms with Crippen LogP contribution in [0.1, 0.15) is 11.1 Å². The van der Waals surface area contributed by atoms with Crippen molar-refractivity contribution in [3.05, 3.63) is 59.7 Å². The van der Waals surface area contributed by atoms with Crippen LogP contribution in [0.25, 0.3) is 0 Å². The van der Waals surface area contributed by atoms with E-state index < -0.39 is 10.0 Å². The molecule has 2 aromatic carbocycles. The van der Waals surface area contributed by atoms with E-state index in [9.17, 15) is 8.42 Å². The van der Waals surface area contributed by atoms with E-state index in [1.54, 1.807) is 24.3 Å². The number of hydrogen-bond acceptors (Lipinski definition) is 4. The molecule has 0 amide bonds. The van der Waals surface area contributed by atoms with Crippen LogP contribution in [-0.4, -0.2) is 34.6 Å². The molecule has 0 aliphatic carbocycles. The molecule has 0 spiro atoms. The van der Waals surface area contributed by atoms with E-state index in [0.29, 0.717) is 19.1 Å². The van der Waals surface area contributed by atoms with Crippen molar-refractivity contribution in [1.82, 2.24) is 4.72 Å². The van der Waals surface area contributed by atoms with Gasteiger partial charge < -0.3 is 15.8 Å². The SMILES string of the molecule is COCCNS(=O)(=O)c1ccc(CN=C(N)Nc2ccc(C)cc2)cc1. The predicted molar refractivity (Wildman–Crippen MR) is 104 cm³/mol. The van der Waals surface area contributed by atoms with Gasteiger partial charge >= 0.3 is 0 Å². The number of rotatable bonds is 8. The smallest absolute Gasteiger partial charge is 0.240 e. The second-order valence-corrected chi connectivity index (χ2v) is 7.49. The van der Waals surface area contributed by atoms with Crippen molar-refractivity contribution in [1.29, 1.82) is 0 Å². The molecule has 0 saturated heterocycles. The highest BCUT2D eigenvalue weighted by Crippen LogP contribution is 2.12. The van der Waals surface area contributed by atoms with Crippen molar-refractivity contribution in [2.24, 2.45) is 10.7 Å². The van der Waals surface area contributed by atoms with Crippen molar-refractivity contribution < 1.29 is 13.2 Å². The molecule has 26 heavy (non-hydrogen) atoms. The van der Waals surface area contributed by atoms with Crippen molar-refractivity contribution in [2.75, 3.05) is 25.6 Å². The Morgan fingerprint density at radius 1 is 1.12 bits per heavy atom. The summed E-state index contributed by atoms with van der Waals surface area (Å²) in [5.41, 5.74) is 8.76. The van der Waals surface area contributed by atoms with Crippen LogP contribution < -0.4 is 15.8 Å². The number of aliphatic imine (C=N–C) groups is 1. The molecule has 2 aromatic rings. The van der Waals surface area contributed by atoms with Crippen molar-refractivity contribution in [3.63, 3.8) is 0 Å². The van der Waals surface area contributed by atoms with Crippen LogP contribution in [0, 0.1) is 6.92 Å². The lowest BCUT2D eigenvalue weighted by Crippen LogP contribution is -2.27. The van der Waals surface area contributed by atoms with Gasteiger partial charge in [0, 0.05) is 19.3 Å². The first-order valence-electron chi connectivity index (χ1n) is 8.12. The van der Waals surface area contributed by atoms with Crippen LogP contribution in [-0.2, 0) is 21.3 Å². The molecule has 7 nitrogen and oxygen atoms in total. The number of anilines is 1. The second-order valence-electron chi connectivity index (χ2n) is 5.73. The minimum Gasteiger partial charge on any atom is -0.383 e. The number of nitrogens with one attached hydrogen (secondary N) is 2. The predicted octanol–water partition coefficient (Wildman–Crippen LogP) is 1.85. The fraction of sp³-hybridized carbons (Fsp3) is 0.278. The number of sulfonamides is 1. The number of methoxy groups -OCH3 is 1. The molecule has 0 radical (unpaired) electrons. The Hall–Kier alpha value is -2.42. The molecule has 0 fully saturated rings. The molecule has 8 heteroatoms. The summed E-state index contributed by atoms with van der Waals surface area (Å²) in [6.45, 7) is 2.91. The molecular formula is C18H24N4O3S. The topological polar surface area (TPSA) is 106 Å². The largest absolute Gasteiger partial charge is 0.383 e. The van der Waals surface area contributed by atoms with E-state index in [1.165, 1.54) is 7.11 Å². The molecule has 2 rings (SSSR count). The van der Waals surface area contributed by atoms with E-state index >= 15 is 0 Å². The fourth-order valence-electron chi connectivity index (χ4n) is 2.14. The highest BCUT2D eigenvalue weighted by atomic mass is 32.2. The highest BCUT2D eigenvalue weighted by Gasteiger charge is 2.12. The van der Waals surface area contributed by atoms with Gasteiger partial charge in [-0.2, -0.15) is 0 Å². The third-order valence-corrected chi connectivity index (χ3v) is 5.06. The maximum Gasteiger partial charge on any atom is 0.240 e. The number of aryl methyl sites for hydroxylation is 1. The van der Waals surface area contributed by atoms with Crippen molar-refractivity contribution in [2.45, 2.75) is 18.4 Å². The molecule has 0 heterocycles. The summed E-state index contributed by atoms with van der Waals surface area (Å²) in [6, 6.07) is 14.3. The summed E-state index contributed by atoms with van der Waals surface area (Å²) in [5.74, 6) is 0.298. The Morgan fingerprint density at radius 3 is 2.38 bits per heavy atom. The molecule has 0 unspecified atom stereocenters. The van der Waals surface area contributed by atoms with E-state index in [4.69, 9.17) is 10.5 Å². The van der Waals surface area contributed by atoms with Crippen molar-refractivity contribution in [3.8, 4) is 0 Å². The van der Waals surface area contributed by atoms with Gasteiger partial charge in [0.05, 0.1) is 18.0 Å². The first-order valence-corrected chi connectivity index (χ1v) is 9.60. The maximum atomic E-state index is 12.1. The monoisotopic (exact) mass is 376 g/mol. The van der Waals surface area contributed by atoms with Crippen LogP contribution in [0.15, 0.2) is 58.4 Å². The molecular weight excluding hydrogens is 352 g/mol. The lowest BCUT2D eigenvalue weighted by molar-refractivity contribution is 0.204. The fourth-order valence-corrected chi connectivity index (χ4v) is 3.15. The molecule has 0 aromatic heterocycles. The van der Waals surface area contributed by atoms with Crippen LogP contribution in [0.2, 0.25) is 0 Å². The third-order valence-electron chi connectivity index (χ3n) is 3.59. The van der Waals surface area contributed by atoms with Crippen LogP contribution >= 0.6 is 0 Å². The first kappa shape index (κ1) is 19.9. The number of nitrogens with two attached hydrogens (primary N) is 1. The Bertz CT molecular complexity index is 832. The van der Waals surface area contributed by atoms with Gasteiger partial charge in [-0.05, 0) is 36.8 Å². The Kier molecular flexibility index (Phi) is 7.14. The highest BCUT2D eigenvalue weighted by molar-refractivity contribution is 7.89. The van der Waals surface area contributed by atoms with Gasteiger partial charge in [0.25, 0.3) is 0 Å². The Labute approximate surface area is 154 Å². The lowest BCUT2D eigenvalue weighted by Gasteiger charge is -2.08. The van der Waals surface area contributed by atoms with E-state index in [-0.39, 0.29) is 11.4 Å². The second kappa shape index (κ2) is 9.33. The molecule has 0 aliphatic heterocycles. The number of guanidine groups is 1. The Morgan fingerprint density at radius 2 is 1.77 bits per heavy atom. The molecule has 0 bridgehead atoms. The number of hydrogen-bond donors (Lipinski definition) is 3. The normalized spacial score (nSPS) is 12.2. The van der Waals surface area contributed by atoms with Gasteiger partial charge in [0.1, 0.15) is 0 Å². The average molecular weight is 376 g/mol.